The van der Waals surface area contributed by atoms with Gasteiger partial charge in [0.25, 0.3) is 0 Å². The fourth-order valence-corrected chi connectivity index (χ4v) is 3.82. The largest absolute Gasteiger partial charge is 1.00 e. The van der Waals surface area contributed by atoms with Crippen LogP contribution < -0.4 is 9.27 Å². The molecule has 4 nitrogen and oxygen atoms in total. The highest BCUT2D eigenvalue weighted by Gasteiger charge is 2.44. The number of benzene rings is 2. The number of rotatable bonds is 1. The summed E-state index contributed by atoms with van der Waals surface area (Å²) in [4.78, 5) is 0. The summed E-state index contributed by atoms with van der Waals surface area (Å²) in [5, 5.41) is 4.01. The van der Waals surface area contributed by atoms with Crippen LogP contribution >= 0.6 is 0 Å². The number of fused-ring (bicyclic) bond motifs is 5. The second kappa shape index (κ2) is 8.84. The molecule has 5 rings (SSSR count). The van der Waals surface area contributed by atoms with Gasteiger partial charge in [-0.1, -0.05) is 28.9 Å². The molecular formula is C18H11BF9N3O. The molecule has 2 heterocycles. The molecule has 170 valence electrons. The van der Waals surface area contributed by atoms with Crippen LogP contribution in [0.15, 0.2) is 30.6 Å². The lowest BCUT2D eigenvalue weighted by atomic mass is 10.1. The average molecular weight is 467 g/mol. The molecule has 0 fully saturated rings. The van der Waals surface area contributed by atoms with Crippen molar-refractivity contribution in [1.82, 2.24) is 9.78 Å². The predicted octanol–water partition coefficient (Wildman–Crippen LogP) is 0.783. The van der Waals surface area contributed by atoms with Gasteiger partial charge in [-0.05, 0) is 11.1 Å². The SMILES string of the molecule is FB(F)F.Fc1c(F)c(F)c(-n2c[n+]3c(n2)CO[C@@H]2Cc4ccccc4[C@@H]23)c(F)c1F.[F-]. The Morgan fingerprint density at radius 3 is 2.12 bits per heavy atom. The zero-order valence-electron chi connectivity index (χ0n) is 15.7. The molecule has 0 spiro atoms. The number of halogens is 9. The van der Waals surface area contributed by atoms with Crippen LogP contribution in [0.4, 0.5) is 34.9 Å². The number of hydrogen-bond acceptors (Lipinski definition) is 2. The Balaban J connectivity index is 0.000000536. The summed E-state index contributed by atoms with van der Waals surface area (Å²) in [5.74, 6) is -9.76. The van der Waals surface area contributed by atoms with E-state index >= 15 is 0 Å². The highest BCUT2D eigenvalue weighted by molar-refractivity contribution is 6.33. The van der Waals surface area contributed by atoms with Gasteiger partial charge in [0.2, 0.25) is 41.1 Å². The number of ether oxygens (including phenoxy) is 1. The van der Waals surface area contributed by atoms with E-state index in [1.807, 2.05) is 24.3 Å². The van der Waals surface area contributed by atoms with E-state index in [0.717, 1.165) is 11.1 Å². The first kappa shape index (κ1) is 23.6. The van der Waals surface area contributed by atoms with Gasteiger partial charge in [-0.15, -0.1) is 0 Å². The fourth-order valence-electron chi connectivity index (χ4n) is 3.82. The summed E-state index contributed by atoms with van der Waals surface area (Å²) in [7, 11) is -3.67. The van der Waals surface area contributed by atoms with Crippen molar-refractivity contribution in [3.05, 3.63) is 76.6 Å². The van der Waals surface area contributed by atoms with Gasteiger partial charge in [-0.2, -0.15) is 8.78 Å². The van der Waals surface area contributed by atoms with Gasteiger partial charge in [0.1, 0.15) is 18.8 Å². The molecule has 0 N–H and O–H groups in total. The predicted molar refractivity (Wildman–Crippen MR) is 89.5 cm³/mol. The van der Waals surface area contributed by atoms with Gasteiger partial charge in [-0.3, -0.25) is 12.9 Å². The third-order valence-electron chi connectivity index (χ3n) is 5.04. The molecule has 2 aromatic carbocycles. The molecule has 0 saturated carbocycles. The van der Waals surface area contributed by atoms with Gasteiger partial charge in [0, 0.05) is 11.5 Å². The van der Waals surface area contributed by atoms with E-state index in [1.54, 1.807) is 4.57 Å². The molecule has 0 unspecified atom stereocenters. The number of hydrogen-bond donors (Lipinski definition) is 0. The molecule has 0 radical (unpaired) electrons. The maximum Gasteiger partial charge on any atom is 0.762 e. The van der Waals surface area contributed by atoms with E-state index < -0.39 is 42.3 Å². The third kappa shape index (κ3) is 3.83. The standard InChI is InChI=1S/C18H11F5N3O.BF3.FH/c19-12-13(20)15(22)18(16(23)14(12)21)26-7-25-11(24-26)6-27-10-5-8-3-1-2-4-9(8)17(10)25;2-1(3)4;/h1-4,7,10,17H,5-6H2;;1H/q+1;;/p-1/t10-,17+;;/m1../s1. The highest BCUT2D eigenvalue weighted by atomic mass is 19.4. The van der Waals surface area contributed by atoms with Crippen LogP contribution in [0.25, 0.3) is 5.69 Å². The molecule has 1 aromatic heterocycles. The van der Waals surface area contributed by atoms with Crippen molar-refractivity contribution in [1.29, 1.82) is 0 Å². The number of nitrogens with zero attached hydrogens (tertiary/aromatic N) is 3. The molecule has 14 heteroatoms. The molecule has 32 heavy (non-hydrogen) atoms. The topological polar surface area (TPSA) is 30.9 Å². The van der Waals surface area contributed by atoms with Crippen molar-refractivity contribution < 1.29 is 48.9 Å². The molecule has 1 aliphatic carbocycles. The molecule has 2 atom stereocenters. The molecule has 1 aliphatic heterocycles. The van der Waals surface area contributed by atoms with Crippen LogP contribution in [-0.4, -0.2) is 23.4 Å². The Kier molecular flexibility index (Phi) is 6.53. The van der Waals surface area contributed by atoms with Gasteiger partial charge >= 0.3 is 13.4 Å². The van der Waals surface area contributed by atoms with Crippen LogP contribution in [0.1, 0.15) is 23.0 Å². The Labute approximate surface area is 174 Å². The first-order valence-corrected chi connectivity index (χ1v) is 8.83. The van der Waals surface area contributed by atoms with E-state index in [4.69, 9.17) is 4.74 Å². The van der Waals surface area contributed by atoms with Crippen molar-refractivity contribution in [3.8, 4) is 5.69 Å². The normalized spacial score (nSPS) is 18.0. The molecule has 3 aromatic rings. The van der Waals surface area contributed by atoms with Gasteiger partial charge < -0.3 is 9.44 Å². The quantitative estimate of drug-likeness (QED) is 0.174. The summed E-state index contributed by atoms with van der Waals surface area (Å²) in [6, 6.07) is 7.37. The van der Waals surface area contributed by atoms with E-state index in [2.05, 4.69) is 5.10 Å². The molecular weight excluding hydrogens is 456 g/mol. The fraction of sp³-hybridized carbons (Fsp3) is 0.222. The van der Waals surface area contributed by atoms with Crippen molar-refractivity contribution in [2.75, 3.05) is 0 Å². The second-order valence-corrected chi connectivity index (χ2v) is 6.75. The van der Waals surface area contributed by atoms with E-state index in [-0.39, 0.29) is 23.5 Å². The monoisotopic (exact) mass is 467 g/mol. The third-order valence-corrected chi connectivity index (χ3v) is 5.04. The van der Waals surface area contributed by atoms with E-state index in [1.165, 1.54) is 6.33 Å². The molecule has 0 amide bonds. The maximum atomic E-state index is 14.1. The van der Waals surface area contributed by atoms with Crippen molar-refractivity contribution >= 4 is 7.54 Å². The van der Waals surface area contributed by atoms with Crippen LogP contribution in [0.2, 0.25) is 0 Å². The lowest BCUT2D eigenvalue weighted by molar-refractivity contribution is -0.739. The minimum atomic E-state index is -3.67. The Hall–Kier alpha value is -3.03. The minimum absolute atomic E-state index is 0. The van der Waals surface area contributed by atoms with Gasteiger partial charge in [-0.25, -0.2) is 17.7 Å². The summed E-state index contributed by atoms with van der Waals surface area (Å²) >= 11 is 0. The average Bonchev–Trinajstić information content (AvgIpc) is 3.31. The summed E-state index contributed by atoms with van der Waals surface area (Å²) in [6.07, 6.45) is 1.73. The second-order valence-electron chi connectivity index (χ2n) is 6.75. The van der Waals surface area contributed by atoms with Crippen molar-refractivity contribution in [3.63, 3.8) is 0 Å². The van der Waals surface area contributed by atoms with Crippen LogP contribution in [0, 0.1) is 29.1 Å². The first-order chi connectivity index (χ1) is 14.7. The lowest BCUT2D eigenvalue weighted by Crippen LogP contribution is -3.00. The highest BCUT2D eigenvalue weighted by Crippen LogP contribution is 2.36. The van der Waals surface area contributed by atoms with Gasteiger partial charge in [0.05, 0.1) is 0 Å². The van der Waals surface area contributed by atoms with E-state index in [0.29, 0.717) is 16.9 Å². The van der Waals surface area contributed by atoms with E-state index in [9.17, 15) is 34.9 Å². The van der Waals surface area contributed by atoms with Crippen LogP contribution in [0.3, 0.4) is 0 Å². The van der Waals surface area contributed by atoms with Crippen molar-refractivity contribution in [2.45, 2.75) is 25.2 Å². The Bertz CT molecular complexity index is 1130. The smallest absolute Gasteiger partial charge is 0.762 e. The summed E-state index contributed by atoms with van der Waals surface area (Å²) in [6.45, 7) is 0.0670. The molecule has 0 bridgehead atoms. The lowest BCUT2D eigenvalue weighted by Gasteiger charge is -2.23. The Morgan fingerprint density at radius 1 is 0.938 bits per heavy atom. The van der Waals surface area contributed by atoms with Crippen LogP contribution in [0.5, 0.6) is 0 Å². The first-order valence-electron chi connectivity index (χ1n) is 8.83. The van der Waals surface area contributed by atoms with Crippen molar-refractivity contribution in [2.24, 2.45) is 0 Å². The Morgan fingerprint density at radius 2 is 1.50 bits per heavy atom. The van der Waals surface area contributed by atoms with Crippen LogP contribution in [-0.2, 0) is 17.8 Å². The molecule has 2 aliphatic rings. The number of aromatic nitrogens is 3. The summed E-state index contributed by atoms with van der Waals surface area (Å²) < 4.78 is 106. The zero-order chi connectivity index (χ0) is 22.4. The minimum Gasteiger partial charge on any atom is -1.00 e. The maximum absolute atomic E-state index is 14.1. The molecule has 0 saturated heterocycles. The zero-order valence-corrected chi connectivity index (χ0v) is 15.7. The van der Waals surface area contributed by atoms with Gasteiger partial charge in [0.15, 0.2) is 0 Å². The summed E-state index contributed by atoms with van der Waals surface area (Å²) in [5.41, 5.74) is 0.943.